The monoisotopic (exact) mass is 401 g/mol. The van der Waals surface area contributed by atoms with Crippen LogP contribution in [0.2, 0.25) is 5.02 Å². The largest absolute Gasteiger partial charge is 0.493 e. The Morgan fingerprint density at radius 2 is 1.67 bits per heavy atom. The Labute approximate surface area is 159 Å². The van der Waals surface area contributed by atoms with Gasteiger partial charge >= 0.3 is 6.61 Å². The number of amides is 1. The van der Waals surface area contributed by atoms with Crippen molar-refractivity contribution in [3.05, 3.63) is 40.9 Å². The van der Waals surface area contributed by atoms with Crippen molar-refractivity contribution in [2.24, 2.45) is 0 Å². The first kappa shape index (κ1) is 20.6. The number of hydrogen-bond acceptors (Lipinski definition) is 5. The molecule has 2 aromatic carbocycles. The van der Waals surface area contributed by atoms with Crippen molar-refractivity contribution in [2.75, 3.05) is 26.6 Å². The lowest BCUT2D eigenvalue weighted by Gasteiger charge is -2.14. The molecule has 2 rings (SSSR count). The van der Waals surface area contributed by atoms with Gasteiger partial charge in [-0.1, -0.05) is 11.6 Å². The Kier molecular flexibility index (Phi) is 7.06. The molecule has 0 aliphatic heterocycles. The molecular formula is C18H18ClF2NO5. The maximum atomic E-state index is 12.3. The van der Waals surface area contributed by atoms with Crippen LogP contribution >= 0.6 is 11.6 Å². The molecule has 2 aromatic rings. The molecule has 0 aliphatic rings. The molecule has 0 heterocycles. The molecule has 0 saturated heterocycles. The van der Waals surface area contributed by atoms with Gasteiger partial charge in [-0.25, -0.2) is 0 Å². The van der Waals surface area contributed by atoms with Crippen LogP contribution in [0.5, 0.6) is 23.0 Å². The van der Waals surface area contributed by atoms with Crippen molar-refractivity contribution >= 4 is 23.2 Å². The van der Waals surface area contributed by atoms with Crippen molar-refractivity contribution in [1.82, 2.24) is 0 Å². The van der Waals surface area contributed by atoms with Crippen molar-refractivity contribution in [3.63, 3.8) is 0 Å². The van der Waals surface area contributed by atoms with E-state index >= 15 is 0 Å². The van der Waals surface area contributed by atoms with Crippen LogP contribution in [-0.4, -0.2) is 33.8 Å². The Hall–Kier alpha value is -2.74. The van der Waals surface area contributed by atoms with E-state index < -0.39 is 6.61 Å². The number of hydrogen-bond donors (Lipinski definition) is 1. The average Bonchev–Trinajstić information content (AvgIpc) is 2.62. The first-order valence-electron chi connectivity index (χ1n) is 7.71. The quantitative estimate of drug-likeness (QED) is 0.719. The molecule has 0 bridgehead atoms. The summed E-state index contributed by atoms with van der Waals surface area (Å²) in [6.07, 6.45) is 0.0175. The van der Waals surface area contributed by atoms with Crippen LogP contribution in [0.3, 0.4) is 0 Å². The molecule has 0 fully saturated rings. The maximum Gasteiger partial charge on any atom is 0.387 e. The summed E-state index contributed by atoms with van der Waals surface area (Å²) >= 11 is 5.87. The van der Waals surface area contributed by atoms with Gasteiger partial charge in [0.05, 0.1) is 32.8 Å². The maximum absolute atomic E-state index is 12.3. The molecule has 1 amide bonds. The van der Waals surface area contributed by atoms with Gasteiger partial charge in [0.2, 0.25) is 11.7 Å². The molecule has 0 saturated carbocycles. The number of halogens is 3. The van der Waals surface area contributed by atoms with Gasteiger partial charge < -0.3 is 24.3 Å². The molecule has 27 heavy (non-hydrogen) atoms. The fourth-order valence-corrected chi connectivity index (χ4v) is 2.62. The average molecular weight is 402 g/mol. The molecule has 1 N–H and O–H groups in total. The Morgan fingerprint density at radius 1 is 1.04 bits per heavy atom. The highest BCUT2D eigenvalue weighted by molar-refractivity contribution is 6.32. The number of nitrogens with one attached hydrogen (secondary N) is 1. The fourth-order valence-electron chi connectivity index (χ4n) is 2.40. The molecule has 6 nitrogen and oxygen atoms in total. The highest BCUT2D eigenvalue weighted by Gasteiger charge is 2.15. The van der Waals surface area contributed by atoms with Gasteiger partial charge in [-0.2, -0.15) is 8.78 Å². The lowest BCUT2D eigenvalue weighted by Crippen LogP contribution is -2.14. The van der Waals surface area contributed by atoms with Crippen LogP contribution in [0.1, 0.15) is 5.56 Å². The van der Waals surface area contributed by atoms with Crippen molar-refractivity contribution < 1.29 is 32.5 Å². The van der Waals surface area contributed by atoms with E-state index in [1.165, 1.54) is 39.5 Å². The second-order valence-electron chi connectivity index (χ2n) is 5.28. The number of carbonyl (C=O) groups is 1. The van der Waals surface area contributed by atoms with Crippen LogP contribution in [0, 0.1) is 0 Å². The third-order valence-corrected chi connectivity index (χ3v) is 3.82. The highest BCUT2D eigenvalue weighted by atomic mass is 35.5. The summed E-state index contributed by atoms with van der Waals surface area (Å²) in [7, 11) is 4.44. The predicted octanol–water partition coefficient (Wildman–Crippen LogP) is 4.15. The summed E-state index contributed by atoms with van der Waals surface area (Å²) in [5, 5.41) is 2.60. The summed E-state index contributed by atoms with van der Waals surface area (Å²) < 4.78 is 44.5. The summed E-state index contributed by atoms with van der Waals surface area (Å²) in [6, 6.07) is 7.31. The third-order valence-electron chi connectivity index (χ3n) is 3.52. The standard InChI is InChI=1S/C18H18ClF2NO5/c1-24-14-6-10(7-15(25-2)17(14)26-3)8-16(23)22-11-4-5-13(12(19)9-11)27-18(20)21/h4-7,9,18H,8H2,1-3H3,(H,22,23). The Balaban J connectivity index is 2.13. The smallest absolute Gasteiger partial charge is 0.387 e. The summed E-state index contributed by atoms with van der Waals surface area (Å²) in [5.41, 5.74) is 0.977. The van der Waals surface area contributed by atoms with E-state index in [-0.39, 0.29) is 23.1 Å². The summed E-state index contributed by atoms with van der Waals surface area (Å²) in [4.78, 5) is 12.3. The van der Waals surface area contributed by atoms with Gasteiger partial charge in [0, 0.05) is 5.69 Å². The zero-order valence-electron chi connectivity index (χ0n) is 14.8. The minimum Gasteiger partial charge on any atom is -0.493 e. The van der Waals surface area contributed by atoms with Gasteiger partial charge in [0.25, 0.3) is 0 Å². The lowest BCUT2D eigenvalue weighted by atomic mass is 10.1. The number of ether oxygens (including phenoxy) is 4. The van der Waals surface area contributed by atoms with Gasteiger partial charge in [-0.15, -0.1) is 0 Å². The predicted molar refractivity (Wildman–Crippen MR) is 96.5 cm³/mol. The molecule has 0 spiro atoms. The zero-order chi connectivity index (χ0) is 20.0. The van der Waals surface area contributed by atoms with Gasteiger partial charge in [-0.05, 0) is 35.9 Å². The van der Waals surface area contributed by atoms with E-state index in [1.807, 2.05) is 0 Å². The molecule has 0 radical (unpaired) electrons. The van der Waals surface area contributed by atoms with Crippen LogP contribution in [-0.2, 0) is 11.2 Å². The second kappa shape index (κ2) is 9.27. The number of carbonyl (C=O) groups excluding carboxylic acids is 1. The number of rotatable bonds is 8. The number of benzene rings is 2. The molecular weight excluding hydrogens is 384 g/mol. The first-order valence-corrected chi connectivity index (χ1v) is 8.08. The van der Waals surface area contributed by atoms with E-state index in [4.69, 9.17) is 25.8 Å². The van der Waals surface area contributed by atoms with Crippen molar-refractivity contribution in [3.8, 4) is 23.0 Å². The fraction of sp³-hybridized carbons (Fsp3) is 0.278. The molecule has 0 atom stereocenters. The first-order chi connectivity index (χ1) is 12.9. The van der Waals surface area contributed by atoms with Crippen LogP contribution in [0.15, 0.2) is 30.3 Å². The molecule has 0 unspecified atom stereocenters. The molecule has 9 heteroatoms. The lowest BCUT2D eigenvalue weighted by molar-refractivity contribution is -0.115. The van der Waals surface area contributed by atoms with Gasteiger partial charge in [-0.3, -0.25) is 4.79 Å². The molecule has 0 aliphatic carbocycles. The number of anilines is 1. The molecule has 146 valence electrons. The van der Waals surface area contributed by atoms with Crippen molar-refractivity contribution in [2.45, 2.75) is 13.0 Å². The van der Waals surface area contributed by atoms with E-state index in [0.717, 1.165) is 0 Å². The highest BCUT2D eigenvalue weighted by Crippen LogP contribution is 2.38. The van der Waals surface area contributed by atoms with Crippen LogP contribution in [0.4, 0.5) is 14.5 Å². The SMILES string of the molecule is COc1cc(CC(=O)Nc2ccc(OC(F)F)c(Cl)c2)cc(OC)c1OC. The number of alkyl halides is 2. The minimum absolute atomic E-state index is 0.0175. The van der Waals surface area contributed by atoms with Gasteiger partial charge in [0.15, 0.2) is 11.5 Å². The van der Waals surface area contributed by atoms with Crippen LogP contribution in [0.25, 0.3) is 0 Å². The summed E-state index contributed by atoms with van der Waals surface area (Å²) in [6.45, 7) is -2.98. The normalized spacial score (nSPS) is 10.5. The van der Waals surface area contributed by atoms with Gasteiger partial charge in [0.1, 0.15) is 5.75 Å². The third kappa shape index (κ3) is 5.37. The Bertz CT molecular complexity index is 791. The van der Waals surface area contributed by atoms with E-state index in [9.17, 15) is 13.6 Å². The Morgan fingerprint density at radius 3 is 2.15 bits per heavy atom. The van der Waals surface area contributed by atoms with Crippen LogP contribution < -0.4 is 24.3 Å². The zero-order valence-corrected chi connectivity index (χ0v) is 15.6. The van der Waals surface area contributed by atoms with E-state index in [1.54, 1.807) is 12.1 Å². The second-order valence-corrected chi connectivity index (χ2v) is 5.69. The molecule has 0 aromatic heterocycles. The van der Waals surface area contributed by atoms with E-state index in [0.29, 0.717) is 28.5 Å². The number of methoxy groups -OCH3 is 3. The minimum atomic E-state index is -2.98. The summed E-state index contributed by atoms with van der Waals surface area (Å²) in [5.74, 6) is 0.759. The van der Waals surface area contributed by atoms with E-state index in [2.05, 4.69) is 10.1 Å². The van der Waals surface area contributed by atoms with Crippen molar-refractivity contribution in [1.29, 1.82) is 0 Å². The topological polar surface area (TPSA) is 66.0 Å².